The van der Waals surface area contributed by atoms with Gasteiger partial charge in [0, 0.05) is 42.0 Å². The van der Waals surface area contributed by atoms with Gasteiger partial charge in [0.2, 0.25) is 11.8 Å². The molecule has 154 valence electrons. The van der Waals surface area contributed by atoms with E-state index in [1.807, 2.05) is 30.3 Å². The minimum absolute atomic E-state index is 0.0576. The van der Waals surface area contributed by atoms with Gasteiger partial charge in [-0.05, 0) is 67.7 Å². The van der Waals surface area contributed by atoms with Crippen LogP contribution in [0.5, 0.6) is 0 Å². The number of hydrogen-bond acceptors (Lipinski definition) is 3. The van der Waals surface area contributed by atoms with E-state index < -0.39 is 0 Å². The lowest BCUT2D eigenvalue weighted by atomic mass is 10.1. The third-order valence-corrected chi connectivity index (χ3v) is 5.26. The molecule has 1 aliphatic carbocycles. The maximum absolute atomic E-state index is 12.3. The second-order valence-electron chi connectivity index (χ2n) is 7.75. The molecule has 4 rings (SSSR count). The number of nitrogens with one attached hydrogen (secondary N) is 2. The van der Waals surface area contributed by atoms with Crippen molar-refractivity contribution in [1.29, 1.82) is 0 Å². The molecule has 2 aromatic rings. The van der Waals surface area contributed by atoms with Crippen LogP contribution in [0.4, 0.5) is 11.4 Å². The second-order valence-corrected chi connectivity index (χ2v) is 7.75. The molecule has 2 aliphatic rings. The summed E-state index contributed by atoms with van der Waals surface area (Å²) in [6, 6.07) is 14.8. The Balaban J connectivity index is 1.35. The first-order valence-electron chi connectivity index (χ1n) is 10.4. The van der Waals surface area contributed by atoms with Crippen molar-refractivity contribution in [2.24, 2.45) is 0 Å². The molecule has 6 nitrogen and oxygen atoms in total. The quantitative estimate of drug-likeness (QED) is 0.721. The lowest BCUT2D eigenvalue weighted by Crippen LogP contribution is -2.35. The summed E-state index contributed by atoms with van der Waals surface area (Å²) in [6.45, 7) is 0.713. The molecule has 3 amide bonds. The molecule has 1 saturated heterocycles. The number of hydrogen-bond donors (Lipinski definition) is 2. The summed E-state index contributed by atoms with van der Waals surface area (Å²) in [5.74, 6) is -0.190. The highest BCUT2D eigenvalue weighted by Crippen LogP contribution is 2.24. The first-order chi connectivity index (χ1) is 14.6. The maximum Gasteiger partial charge on any atom is 0.251 e. The van der Waals surface area contributed by atoms with E-state index in [0.717, 1.165) is 36.9 Å². The van der Waals surface area contributed by atoms with Crippen LogP contribution in [-0.2, 0) is 9.59 Å². The molecule has 2 aromatic carbocycles. The summed E-state index contributed by atoms with van der Waals surface area (Å²) >= 11 is 0. The average molecular weight is 403 g/mol. The molecule has 1 aliphatic heterocycles. The van der Waals surface area contributed by atoms with Crippen molar-refractivity contribution in [3.8, 4) is 0 Å². The van der Waals surface area contributed by atoms with Crippen molar-refractivity contribution in [2.75, 3.05) is 16.8 Å². The van der Waals surface area contributed by atoms with Crippen molar-refractivity contribution in [3.63, 3.8) is 0 Å². The molecule has 0 spiro atoms. The lowest BCUT2D eigenvalue weighted by Gasteiger charge is -2.27. The molecular formula is C24H25N3O3. The molecule has 1 saturated carbocycles. The van der Waals surface area contributed by atoms with Crippen LogP contribution in [0.3, 0.4) is 0 Å². The normalized spacial score (nSPS) is 16.5. The topological polar surface area (TPSA) is 78.5 Å². The molecule has 0 radical (unpaired) electrons. The highest BCUT2D eigenvalue weighted by molar-refractivity contribution is 6.03. The third kappa shape index (κ3) is 5.14. The van der Waals surface area contributed by atoms with Crippen LogP contribution < -0.4 is 15.5 Å². The Bertz CT molecular complexity index is 977. The Morgan fingerprint density at radius 1 is 1.03 bits per heavy atom. The predicted octanol–water partition coefficient (Wildman–Crippen LogP) is 3.75. The summed E-state index contributed by atoms with van der Waals surface area (Å²) in [7, 11) is 0. The van der Waals surface area contributed by atoms with Crippen LogP contribution in [0.2, 0.25) is 0 Å². The Labute approximate surface area is 176 Å². The predicted molar refractivity (Wildman–Crippen MR) is 117 cm³/mol. The fourth-order valence-corrected chi connectivity index (χ4v) is 3.43. The minimum Gasteiger partial charge on any atom is -0.349 e. The van der Waals surface area contributed by atoms with Crippen molar-refractivity contribution in [2.45, 2.75) is 38.1 Å². The van der Waals surface area contributed by atoms with Crippen LogP contribution in [0.15, 0.2) is 54.6 Å². The number of nitrogens with zero attached hydrogens (tertiary/aromatic N) is 1. The van der Waals surface area contributed by atoms with E-state index in [-0.39, 0.29) is 17.7 Å². The van der Waals surface area contributed by atoms with Crippen LogP contribution >= 0.6 is 0 Å². The van der Waals surface area contributed by atoms with Gasteiger partial charge in [-0.2, -0.15) is 0 Å². The SMILES string of the molecule is O=C(/C=C/c1ccc(C(=O)NC2CC2)cc1)Nc1cccc(N2CCCCC2=O)c1. The van der Waals surface area contributed by atoms with Gasteiger partial charge in [-0.1, -0.05) is 18.2 Å². The van der Waals surface area contributed by atoms with Crippen molar-refractivity contribution < 1.29 is 14.4 Å². The summed E-state index contributed by atoms with van der Waals surface area (Å²) in [5.41, 5.74) is 2.91. The largest absolute Gasteiger partial charge is 0.349 e. The molecular weight excluding hydrogens is 378 g/mol. The number of benzene rings is 2. The molecule has 0 atom stereocenters. The zero-order chi connectivity index (χ0) is 20.9. The smallest absolute Gasteiger partial charge is 0.251 e. The Kier molecular flexibility index (Phi) is 5.93. The fraction of sp³-hybridized carbons (Fsp3) is 0.292. The Morgan fingerprint density at radius 2 is 1.83 bits per heavy atom. The summed E-state index contributed by atoms with van der Waals surface area (Å²) in [6.07, 6.45) is 7.76. The highest BCUT2D eigenvalue weighted by Gasteiger charge is 2.23. The van der Waals surface area contributed by atoms with Crippen LogP contribution in [-0.4, -0.2) is 30.3 Å². The van der Waals surface area contributed by atoms with Gasteiger partial charge in [0.1, 0.15) is 0 Å². The highest BCUT2D eigenvalue weighted by atomic mass is 16.2. The van der Waals surface area contributed by atoms with E-state index in [1.165, 1.54) is 6.08 Å². The van der Waals surface area contributed by atoms with Crippen molar-refractivity contribution >= 4 is 35.2 Å². The Hall–Kier alpha value is -3.41. The van der Waals surface area contributed by atoms with E-state index in [0.29, 0.717) is 30.3 Å². The third-order valence-electron chi connectivity index (χ3n) is 5.26. The molecule has 0 aromatic heterocycles. The van der Waals surface area contributed by atoms with Gasteiger partial charge in [-0.25, -0.2) is 0 Å². The van der Waals surface area contributed by atoms with Gasteiger partial charge < -0.3 is 15.5 Å². The lowest BCUT2D eigenvalue weighted by molar-refractivity contribution is -0.119. The number of anilines is 2. The van der Waals surface area contributed by atoms with E-state index >= 15 is 0 Å². The number of rotatable bonds is 6. The molecule has 1 heterocycles. The van der Waals surface area contributed by atoms with E-state index in [2.05, 4.69) is 10.6 Å². The standard InChI is InChI=1S/C24H25N3O3/c28-22(14-9-17-7-10-18(11-8-17)24(30)26-19-12-13-19)25-20-4-3-5-21(16-20)27-15-2-1-6-23(27)29/h3-5,7-11,14,16,19H,1-2,6,12-13,15H2,(H,25,28)(H,26,30)/b14-9+. The fourth-order valence-electron chi connectivity index (χ4n) is 3.43. The number of carbonyl (C=O) groups excluding carboxylic acids is 3. The Morgan fingerprint density at radius 3 is 2.57 bits per heavy atom. The number of carbonyl (C=O) groups is 3. The monoisotopic (exact) mass is 403 g/mol. The van der Waals surface area contributed by atoms with Gasteiger partial charge in [0.15, 0.2) is 0 Å². The van der Waals surface area contributed by atoms with Gasteiger partial charge >= 0.3 is 0 Å². The van der Waals surface area contributed by atoms with Gasteiger partial charge in [0.05, 0.1) is 0 Å². The van der Waals surface area contributed by atoms with E-state index in [1.54, 1.807) is 29.2 Å². The molecule has 0 unspecified atom stereocenters. The van der Waals surface area contributed by atoms with Crippen molar-refractivity contribution in [1.82, 2.24) is 5.32 Å². The van der Waals surface area contributed by atoms with Crippen LogP contribution in [0.25, 0.3) is 6.08 Å². The minimum atomic E-state index is -0.257. The molecule has 0 bridgehead atoms. The number of piperidine rings is 1. The summed E-state index contributed by atoms with van der Waals surface area (Å²) in [4.78, 5) is 38.2. The summed E-state index contributed by atoms with van der Waals surface area (Å²) < 4.78 is 0. The van der Waals surface area contributed by atoms with Crippen molar-refractivity contribution in [3.05, 3.63) is 65.7 Å². The summed E-state index contributed by atoms with van der Waals surface area (Å²) in [5, 5.41) is 5.79. The number of amides is 3. The molecule has 30 heavy (non-hydrogen) atoms. The van der Waals surface area contributed by atoms with E-state index in [9.17, 15) is 14.4 Å². The van der Waals surface area contributed by atoms with Gasteiger partial charge in [-0.15, -0.1) is 0 Å². The molecule has 2 N–H and O–H groups in total. The zero-order valence-corrected chi connectivity index (χ0v) is 16.8. The van der Waals surface area contributed by atoms with Gasteiger partial charge in [-0.3, -0.25) is 14.4 Å². The van der Waals surface area contributed by atoms with Crippen LogP contribution in [0.1, 0.15) is 48.0 Å². The maximum atomic E-state index is 12.3. The second kappa shape index (κ2) is 8.95. The first-order valence-corrected chi connectivity index (χ1v) is 10.4. The average Bonchev–Trinajstić information content (AvgIpc) is 3.57. The zero-order valence-electron chi connectivity index (χ0n) is 16.8. The molecule has 2 fully saturated rings. The van der Waals surface area contributed by atoms with E-state index in [4.69, 9.17) is 0 Å². The first kappa shape index (κ1) is 19.9. The van der Waals surface area contributed by atoms with Gasteiger partial charge in [0.25, 0.3) is 5.91 Å². The van der Waals surface area contributed by atoms with Crippen LogP contribution in [0, 0.1) is 0 Å². The molecule has 6 heteroatoms.